The van der Waals surface area contributed by atoms with Gasteiger partial charge in [-0.25, -0.2) is 4.68 Å². The van der Waals surface area contributed by atoms with E-state index >= 15 is 0 Å². The number of aliphatic hydroxyl groups is 1. The third kappa shape index (κ3) is 2.60. The van der Waals surface area contributed by atoms with Crippen molar-refractivity contribution in [3.05, 3.63) is 71.4 Å². The van der Waals surface area contributed by atoms with E-state index in [0.717, 1.165) is 22.5 Å². The average molecular weight is 278 g/mol. The molecule has 0 atom stereocenters. The fraction of sp³-hybridized carbons (Fsp3) is 0.167. The van der Waals surface area contributed by atoms with Gasteiger partial charge in [0.05, 0.1) is 18.0 Å². The maximum absolute atomic E-state index is 9.59. The molecular formula is C18H18N2O. The summed E-state index contributed by atoms with van der Waals surface area (Å²) in [5.41, 5.74) is 6.18. The molecule has 0 aliphatic heterocycles. The maximum Gasteiger partial charge on any atom is 0.0982 e. The van der Waals surface area contributed by atoms with Crippen LogP contribution in [0.2, 0.25) is 0 Å². The Balaban J connectivity index is 2.09. The summed E-state index contributed by atoms with van der Waals surface area (Å²) in [7, 11) is 0. The van der Waals surface area contributed by atoms with Crippen LogP contribution in [0, 0.1) is 13.8 Å². The second-order valence-corrected chi connectivity index (χ2v) is 5.24. The van der Waals surface area contributed by atoms with Crippen LogP contribution >= 0.6 is 0 Å². The van der Waals surface area contributed by atoms with Crippen molar-refractivity contribution in [2.75, 3.05) is 0 Å². The average Bonchev–Trinajstić information content (AvgIpc) is 2.95. The first kappa shape index (κ1) is 13.6. The van der Waals surface area contributed by atoms with E-state index in [0.29, 0.717) is 0 Å². The first-order valence-corrected chi connectivity index (χ1v) is 7.01. The van der Waals surface area contributed by atoms with E-state index in [-0.39, 0.29) is 6.61 Å². The van der Waals surface area contributed by atoms with Crippen molar-refractivity contribution >= 4 is 0 Å². The lowest BCUT2D eigenvalue weighted by molar-refractivity contribution is 0.282. The van der Waals surface area contributed by atoms with Crippen molar-refractivity contribution in [2.45, 2.75) is 20.5 Å². The predicted octanol–water partition coefficient (Wildman–Crippen LogP) is 3.65. The Morgan fingerprint density at radius 3 is 2.43 bits per heavy atom. The van der Waals surface area contributed by atoms with Gasteiger partial charge in [-0.1, -0.05) is 36.4 Å². The molecule has 0 saturated heterocycles. The third-order valence-corrected chi connectivity index (χ3v) is 3.76. The third-order valence-electron chi connectivity index (χ3n) is 3.76. The van der Waals surface area contributed by atoms with Crippen molar-refractivity contribution in [3.63, 3.8) is 0 Å². The summed E-state index contributed by atoms with van der Waals surface area (Å²) in [6, 6.07) is 16.2. The monoisotopic (exact) mass is 278 g/mol. The molecule has 0 saturated carbocycles. The highest BCUT2D eigenvalue weighted by atomic mass is 16.3. The van der Waals surface area contributed by atoms with E-state index in [2.05, 4.69) is 31.1 Å². The molecular weight excluding hydrogens is 260 g/mol. The molecule has 3 aromatic rings. The van der Waals surface area contributed by atoms with Crippen LogP contribution in [0.15, 0.2) is 54.7 Å². The predicted molar refractivity (Wildman–Crippen MR) is 84.4 cm³/mol. The van der Waals surface area contributed by atoms with E-state index in [4.69, 9.17) is 0 Å². The van der Waals surface area contributed by atoms with Crippen LogP contribution in [0.3, 0.4) is 0 Å². The van der Waals surface area contributed by atoms with Gasteiger partial charge >= 0.3 is 0 Å². The minimum atomic E-state index is -0.0188. The highest BCUT2D eigenvalue weighted by molar-refractivity contribution is 5.63. The first-order chi connectivity index (χ1) is 10.2. The smallest absolute Gasteiger partial charge is 0.0982 e. The van der Waals surface area contributed by atoms with Crippen molar-refractivity contribution in [1.29, 1.82) is 0 Å². The Morgan fingerprint density at radius 2 is 1.76 bits per heavy atom. The molecule has 21 heavy (non-hydrogen) atoms. The van der Waals surface area contributed by atoms with Gasteiger partial charge in [0.25, 0.3) is 0 Å². The van der Waals surface area contributed by atoms with E-state index in [1.54, 1.807) is 0 Å². The van der Waals surface area contributed by atoms with Crippen LogP contribution in [0.5, 0.6) is 0 Å². The highest BCUT2D eigenvalue weighted by Crippen LogP contribution is 2.24. The lowest BCUT2D eigenvalue weighted by Crippen LogP contribution is -1.96. The Kier molecular flexibility index (Phi) is 3.59. The number of aryl methyl sites for hydroxylation is 2. The summed E-state index contributed by atoms with van der Waals surface area (Å²) < 4.78 is 1.83. The standard InChI is InChI=1S/C18H18N2O/c1-13-8-9-17(10-14(13)2)20-11-16(12-21)18(19-20)15-6-4-3-5-7-15/h3-11,21H,12H2,1-2H3. The van der Waals surface area contributed by atoms with Crippen LogP contribution in [0.1, 0.15) is 16.7 Å². The van der Waals surface area contributed by atoms with Crippen LogP contribution in [-0.2, 0) is 6.61 Å². The Hall–Kier alpha value is -2.39. The molecule has 3 rings (SSSR count). The Labute approximate surface area is 124 Å². The van der Waals surface area contributed by atoms with Gasteiger partial charge in [0, 0.05) is 17.3 Å². The summed E-state index contributed by atoms with van der Waals surface area (Å²) in [4.78, 5) is 0. The minimum absolute atomic E-state index is 0.0188. The molecule has 0 aliphatic carbocycles. The van der Waals surface area contributed by atoms with Gasteiger partial charge in [0.15, 0.2) is 0 Å². The quantitative estimate of drug-likeness (QED) is 0.794. The molecule has 0 spiro atoms. The SMILES string of the molecule is Cc1ccc(-n2cc(CO)c(-c3ccccc3)n2)cc1C. The van der Waals surface area contributed by atoms with Gasteiger partial charge in [-0.3, -0.25) is 0 Å². The fourth-order valence-corrected chi connectivity index (χ4v) is 2.36. The molecule has 0 radical (unpaired) electrons. The summed E-state index contributed by atoms with van der Waals surface area (Å²) in [6.07, 6.45) is 1.90. The molecule has 1 N–H and O–H groups in total. The van der Waals surface area contributed by atoms with Gasteiger partial charge in [-0.15, -0.1) is 0 Å². The zero-order chi connectivity index (χ0) is 14.8. The van der Waals surface area contributed by atoms with E-state index in [1.165, 1.54) is 11.1 Å². The molecule has 3 heteroatoms. The van der Waals surface area contributed by atoms with Crippen molar-refractivity contribution < 1.29 is 5.11 Å². The topological polar surface area (TPSA) is 38.0 Å². The van der Waals surface area contributed by atoms with Crippen LogP contribution < -0.4 is 0 Å². The summed E-state index contributed by atoms with van der Waals surface area (Å²) in [5, 5.41) is 14.2. The molecule has 0 aliphatic rings. The second kappa shape index (κ2) is 5.54. The Bertz CT molecular complexity index is 760. The van der Waals surface area contributed by atoms with E-state index < -0.39 is 0 Å². The van der Waals surface area contributed by atoms with Crippen molar-refractivity contribution in [3.8, 4) is 16.9 Å². The number of hydrogen-bond acceptors (Lipinski definition) is 2. The number of aliphatic hydroxyl groups excluding tert-OH is 1. The maximum atomic E-state index is 9.59. The molecule has 0 unspecified atom stereocenters. The van der Waals surface area contributed by atoms with Crippen LogP contribution in [-0.4, -0.2) is 14.9 Å². The number of benzene rings is 2. The largest absolute Gasteiger partial charge is 0.392 e. The molecule has 3 nitrogen and oxygen atoms in total. The fourth-order valence-electron chi connectivity index (χ4n) is 2.36. The molecule has 0 fully saturated rings. The molecule has 0 amide bonds. The molecule has 2 aromatic carbocycles. The van der Waals surface area contributed by atoms with Gasteiger partial charge in [0.2, 0.25) is 0 Å². The van der Waals surface area contributed by atoms with E-state index in [9.17, 15) is 5.11 Å². The number of nitrogens with zero attached hydrogens (tertiary/aromatic N) is 2. The number of hydrogen-bond donors (Lipinski definition) is 1. The lowest BCUT2D eigenvalue weighted by Gasteiger charge is -2.05. The normalized spacial score (nSPS) is 10.8. The second-order valence-electron chi connectivity index (χ2n) is 5.24. The van der Waals surface area contributed by atoms with Crippen molar-refractivity contribution in [2.24, 2.45) is 0 Å². The summed E-state index contributed by atoms with van der Waals surface area (Å²) in [6.45, 7) is 4.17. The Morgan fingerprint density at radius 1 is 1.00 bits per heavy atom. The minimum Gasteiger partial charge on any atom is -0.392 e. The summed E-state index contributed by atoms with van der Waals surface area (Å²) in [5.74, 6) is 0. The zero-order valence-corrected chi connectivity index (χ0v) is 12.2. The zero-order valence-electron chi connectivity index (χ0n) is 12.2. The van der Waals surface area contributed by atoms with Crippen LogP contribution in [0.25, 0.3) is 16.9 Å². The number of rotatable bonds is 3. The van der Waals surface area contributed by atoms with Crippen LogP contribution in [0.4, 0.5) is 0 Å². The highest BCUT2D eigenvalue weighted by Gasteiger charge is 2.11. The first-order valence-electron chi connectivity index (χ1n) is 7.01. The van der Waals surface area contributed by atoms with Gasteiger partial charge in [0.1, 0.15) is 0 Å². The van der Waals surface area contributed by atoms with Gasteiger partial charge in [-0.05, 0) is 37.1 Å². The molecule has 106 valence electrons. The lowest BCUT2D eigenvalue weighted by atomic mass is 10.1. The van der Waals surface area contributed by atoms with Gasteiger partial charge in [-0.2, -0.15) is 5.10 Å². The van der Waals surface area contributed by atoms with E-state index in [1.807, 2.05) is 47.3 Å². The molecule has 0 bridgehead atoms. The number of aromatic nitrogens is 2. The summed E-state index contributed by atoms with van der Waals surface area (Å²) >= 11 is 0. The van der Waals surface area contributed by atoms with Crippen molar-refractivity contribution in [1.82, 2.24) is 9.78 Å². The molecule has 1 heterocycles. The molecule has 1 aromatic heterocycles. The van der Waals surface area contributed by atoms with Gasteiger partial charge < -0.3 is 5.11 Å².